The van der Waals surface area contributed by atoms with E-state index in [0.717, 1.165) is 81.0 Å². The van der Waals surface area contributed by atoms with Crippen molar-refractivity contribution in [3.05, 3.63) is 36.4 Å². The van der Waals surface area contributed by atoms with Crippen LogP contribution >= 0.6 is 0 Å². The molecule has 1 aliphatic carbocycles. The molecule has 25 heavy (non-hydrogen) atoms. The maximum absolute atomic E-state index is 5.87. The van der Waals surface area contributed by atoms with Crippen molar-refractivity contribution in [2.24, 2.45) is 5.92 Å². The second kappa shape index (κ2) is 8.02. The van der Waals surface area contributed by atoms with Gasteiger partial charge in [-0.15, -0.1) is 0 Å². The van der Waals surface area contributed by atoms with E-state index < -0.39 is 0 Å². The van der Waals surface area contributed by atoms with Crippen LogP contribution in [0.4, 0.5) is 0 Å². The van der Waals surface area contributed by atoms with Crippen LogP contribution in [-0.4, -0.2) is 49.3 Å². The van der Waals surface area contributed by atoms with Crippen LogP contribution in [0.5, 0.6) is 5.75 Å². The van der Waals surface area contributed by atoms with Gasteiger partial charge in [0.1, 0.15) is 5.75 Å². The molecule has 0 N–H and O–H groups in total. The van der Waals surface area contributed by atoms with Crippen LogP contribution in [0.25, 0.3) is 11.3 Å². The van der Waals surface area contributed by atoms with Gasteiger partial charge in [-0.2, -0.15) is 0 Å². The Morgan fingerprint density at radius 3 is 2.68 bits per heavy atom. The largest absolute Gasteiger partial charge is 0.494 e. The summed E-state index contributed by atoms with van der Waals surface area (Å²) >= 11 is 0. The lowest BCUT2D eigenvalue weighted by atomic mass is 10.1. The molecule has 5 nitrogen and oxygen atoms in total. The van der Waals surface area contributed by atoms with Gasteiger partial charge >= 0.3 is 0 Å². The minimum Gasteiger partial charge on any atom is -0.494 e. The van der Waals surface area contributed by atoms with E-state index in [4.69, 9.17) is 13.9 Å². The molecule has 2 heterocycles. The van der Waals surface area contributed by atoms with Crippen molar-refractivity contribution in [1.29, 1.82) is 0 Å². The number of oxazole rings is 1. The van der Waals surface area contributed by atoms with Gasteiger partial charge in [-0.05, 0) is 55.9 Å². The molecule has 1 aliphatic heterocycles. The Hall–Kier alpha value is -1.85. The van der Waals surface area contributed by atoms with E-state index in [1.165, 1.54) is 12.8 Å². The van der Waals surface area contributed by atoms with Gasteiger partial charge in [-0.25, -0.2) is 4.98 Å². The van der Waals surface area contributed by atoms with Crippen molar-refractivity contribution in [3.63, 3.8) is 0 Å². The average Bonchev–Trinajstić information content (AvgIpc) is 3.36. The molecule has 5 heteroatoms. The maximum atomic E-state index is 5.87. The molecule has 0 unspecified atom stereocenters. The third kappa shape index (κ3) is 4.61. The normalized spacial score (nSPS) is 18.4. The molecule has 0 atom stereocenters. The van der Waals surface area contributed by atoms with Gasteiger partial charge in [0.15, 0.2) is 12.2 Å². The second-order valence-corrected chi connectivity index (χ2v) is 6.96. The van der Waals surface area contributed by atoms with Crippen LogP contribution in [0.15, 0.2) is 35.1 Å². The van der Waals surface area contributed by atoms with Crippen LogP contribution in [0.2, 0.25) is 0 Å². The van der Waals surface area contributed by atoms with E-state index in [0.29, 0.717) is 0 Å². The van der Waals surface area contributed by atoms with E-state index in [-0.39, 0.29) is 0 Å². The molecule has 0 spiro atoms. The van der Waals surface area contributed by atoms with Gasteiger partial charge in [0.2, 0.25) is 0 Å². The predicted molar refractivity (Wildman–Crippen MR) is 95.7 cm³/mol. The summed E-state index contributed by atoms with van der Waals surface area (Å²) in [6, 6.07) is 8.17. The average molecular weight is 342 g/mol. The molecule has 1 saturated carbocycles. The quantitative estimate of drug-likeness (QED) is 0.688. The van der Waals surface area contributed by atoms with Crippen molar-refractivity contribution < 1.29 is 13.9 Å². The molecule has 2 fully saturated rings. The number of rotatable bonds is 8. The lowest BCUT2D eigenvalue weighted by molar-refractivity contribution is 0.0358. The second-order valence-electron chi connectivity index (χ2n) is 6.96. The first-order chi connectivity index (χ1) is 12.4. The molecule has 2 aliphatic rings. The molecule has 2 aromatic rings. The smallest absolute Gasteiger partial charge is 0.181 e. The molecular weight excluding hydrogens is 316 g/mol. The number of hydrogen-bond donors (Lipinski definition) is 0. The van der Waals surface area contributed by atoms with Gasteiger partial charge < -0.3 is 13.9 Å². The summed E-state index contributed by atoms with van der Waals surface area (Å²) in [5.74, 6) is 2.62. The first-order valence-electron chi connectivity index (χ1n) is 9.34. The van der Waals surface area contributed by atoms with Gasteiger partial charge in [0, 0.05) is 25.2 Å². The number of morpholine rings is 1. The van der Waals surface area contributed by atoms with E-state index in [2.05, 4.69) is 22.0 Å². The molecule has 0 bridgehead atoms. The fraction of sp³-hybridized carbons (Fsp3) is 0.550. The standard InChI is InChI=1S/C20H26N2O3/c1(8-22-9-12-23-13-10-22)11-24-18-6-4-17(5-7-18)20-19(21-15-25-20)14-16-2-3-16/h4-7,15-16H,1-3,8-14H2. The van der Waals surface area contributed by atoms with Gasteiger partial charge in [0.25, 0.3) is 0 Å². The molecule has 0 radical (unpaired) electrons. The lowest BCUT2D eigenvalue weighted by Gasteiger charge is -2.26. The summed E-state index contributed by atoms with van der Waals surface area (Å²) < 4.78 is 16.9. The molecular formula is C20H26N2O3. The number of hydrogen-bond acceptors (Lipinski definition) is 5. The molecule has 1 aromatic heterocycles. The zero-order valence-corrected chi connectivity index (χ0v) is 14.7. The summed E-state index contributed by atoms with van der Waals surface area (Å²) in [7, 11) is 0. The Morgan fingerprint density at radius 1 is 1.12 bits per heavy atom. The van der Waals surface area contributed by atoms with Crippen molar-refractivity contribution >= 4 is 0 Å². The first-order valence-corrected chi connectivity index (χ1v) is 9.34. The molecule has 134 valence electrons. The Morgan fingerprint density at radius 2 is 1.92 bits per heavy atom. The Bertz CT molecular complexity index is 658. The summed E-state index contributed by atoms with van der Waals surface area (Å²) in [4.78, 5) is 6.82. The summed E-state index contributed by atoms with van der Waals surface area (Å²) in [5, 5.41) is 0. The predicted octanol–water partition coefficient (Wildman–Crippen LogP) is 3.40. The number of nitrogens with zero attached hydrogens (tertiary/aromatic N) is 2. The highest BCUT2D eigenvalue weighted by Crippen LogP contribution is 2.35. The summed E-state index contributed by atoms with van der Waals surface area (Å²) in [6.45, 7) is 5.60. The highest BCUT2D eigenvalue weighted by atomic mass is 16.5. The van der Waals surface area contributed by atoms with E-state index >= 15 is 0 Å². The minimum atomic E-state index is 0.742. The van der Waals surface area contributed by atoms with Gasteiger partial charge in [-0.1, -0.05) is 0 Å². The Kier molecular flexibility index (Phi) is 5.33. The fourth-order valence-electron chi connectivity index (χ4n) is 3.25. The van der Waals surface area contributed by atoms with Crippen LogP contribution in [0, 0.1) is 5.92 Å². The maximum Gasteiger partial charge on any atom is 0.181 e. The van der Waals surface area contributed by atoms with Crippen LogP contribution in [0.1, 0.15) is 25.0 Å². The van der Waals surface area contributed by atoms with Crippen LogP contribution < -0.4 is 4.74 Å². The van der Waals surface area contributed by atoms with Crippen molar-refractivity contribution in [1.82, 2.24) is 9.88 Å². The fourth-order valence-corrected chi connectivity index (χ4v) is 3.25. The van der Waals surface area contributed by atoms with Gasteiger partial charge in [-0.3, -0.25) is 4.90 Å². The molecule has 1 aromatic carbocycles. The Labute approximate surface area is 148 Å². The monoisotopic (exact) mass is 342 g/mol. The molecule has 4 rings (SSSR count). The van der Waals surface area contributed by atoms with Gasteiger partial charge in [0.05, 0.1) is 25.5 Å². The molecule has 1 saturated heterocycles. The third-order valence-corrected chi connectivity index (χ3v) is 4.93. The van der Waals surface area contributed by atoms with E-state index in [1.54, 1.807) is 6.39 Å². The van der Waals surface area contributed by atoms with Crippen molar-refractivity contribution in [2.75, 3.05) is 39.5 Å². The zero-order valence-electron chi connectivity index (χ0n) is 14.7. The van der Waals surface area contributed by atoms with Crippen molar-refractivity contribution in [3.8, 4) is 17.1 Å². The van der Waals surface area contributed by atoms with E-state index in [9.17, 15) is 0 Å². The van der Waals surface area contributed by atoms with E-state index in [1.807, 2.05) is 12.1 Å². The third-order valence-electron chi connectivity index (χ3n) is 4.93. The lowest BCUT2D eigenvalue weighted by Crippen LogP contribution is -2.37. The summed E-state index contributed by atoms with van der Waals surface area (Å²) in [6.07, 6.45) is 6.27. The zero-order chi connectivity index (χ0) is 16.9. The SMILES string of the molecule is c1nc(CC2CC2)c(-c2ccc(OCCCN3CCOCC3)cc2)o1. The highest BCUT2D eigenvalue weighted by molar-refractivity contribution is 5.60. The minimum absolute atomic E-state index is 0.742. The van der Waals surface area contributed by atoms with Crippen LogP contribution in [0.3, 0.4) is 0 Å². The highest BCUT2D eigenvalue weighted by Gasteiger charge is 2.25. The summed E-state index contributed by atoms with van der Waals surface area (Å²) in [5.41, 5.74) is 2.16. The number of ether oxygens (including phenoxy) is 2. The topological polar surface area (TPSA) is 47.7 Å². The first kappa shape index (κ1) is 16.6. The van der Waals surface area contributed by atoms with Crippen molar-refractivity contribution in [2.45, 2.75) is 25.7 Å². The molecule has 0 amide bonds. The number of benzene rings is 1. The van der Waals surface area contributed by atoms with Crippen LogP contribution in [-0.2, 0) is 11.2 Å². The Balaban J connectivity index is 1.26. The number of aromatic nitrogens is 1.